The molecule has 0 bridgehead atoms. The zero-order valence-corrected chi connectivity index (χ0v) is 18.8. The van der Waals surface area contributed by atoms with Crippen LogP contribution < -0.4 is 22.7 Å². The summed E-state index contributed by atoms with van der Waals surface area (Å²) in [4.78, 5) is 13.0. The van der Waals surface area contributed by atoms with Gasteiger partial charge < -0.3 is 16.4 Å². The molecule has 10 nitrogen and oxygen atoms in total. The van der Waals surface area contributed by atoms with Crippen molar-refractivity contribution in [1.29, 1.82) is 0 Å². The van der Waals surface area contributed by atoms with Crippen LogP contribution in [0.15, 0.2) is 44.4 Å². The molecule has 0 spiro atoms. The third-order valence-corrected chi connectivity index (χ3v) is 5.52. The number of hydrazone groups is 1. The number of H-pyrrole nitrogens is 1. The maximum atomic E-state index is 13.0. The van der Waals surface area contributed by atoms with Crippen LogP contribution in [0.4, 0.5) is 11.4 Å². The molecule has 3 rings (SSSR count). The fourth-order valence-electron chi connectivity index (χ4n) is 3.55. The molecule has 7 N–H and O–H groups in total. The minimum Gasteiger partial charge on any atom is -0.505 e. The summed E-state index contributed by atoms with van der Waals surface area (Å²) in [6.07, 6.45) is 0.595. The lowest BCUT2D eigenvalue weighted by Gasteiger charge is -2.14. The zero-order valence-electron chi connectivity index (χ0n) is 18.8. The van der Waals surface area contributed by atoms with Gasteiger partial charge in [0.25, 0.3) is 5.56 Å². The van der Waals surface area contributed by atoms with E-state index < -0.39 is 0 Å². The van der Waals surface area contributed by atoms with Crippen molar-refractivity contribution in [2.24, 2.45) is 27.0 Å². The number of nitrogens with one attached hydrogen (secondary N) is 2. The summed E-state index contributed by atoms with van der Waals surface area (Å²) in [5, 5.41) is 25.9. The van der Waals surface area contributed by atoms with Crippen molar-refractivity contribution in [1.82, 2.24) is 15.2 Å². The minimum atomic E-state index is -0.340. The minimum absolute atomic E-state index is 0.0969. The molecular formula is C22H28N8O2. The normalized spacial score (nSPS) is 12.0. The molecule has 10 heteroatoms. The Labute approximate surface area is 185 Å². The number of phenolic OH excluding ortho intramolecular Hbond substituents is 1. The van der Waals surface area contributed by atoms with E-state index in [2.05, 4.69) is 25.9 Å². The summed E-state index contributed by atoms with van der Waals surface area (Å²) >= 11 is 0. The van der Waals surface area contributed by atoms with E-state index in [-0.39, 0.29) is 34.1 Å². The van der Waals surface area contributed by atoms with Crippen LogP contribution >= 0.6 is 0 Å². The van der Waals surface area contributed by atoms with Crippen LogP contribution in [0.3, 0.4) is 0 Å². The highest BCUT2D eigenvalue weighted by atomic mass is 16.3. The second-order valence-corrected chi connectivity index (χ2v) is 7.59. The number of hydrazine groups is 1. The average Bonchev–Trinajstić information content (AvgIpc) is 3.05. The van der Waals surface area contributed by atoms with Crippen LogP contribution in [0, 0.1) is 27.7 Å². The largest absolute Gasteiger partial charge is 0.505 e. The van der Waals surface area contributed by atoms with Gasteiger partial charge in [-0.05, 0) is 74.6 Å². The number of nitrogens with two attached hydrogens (primary N) is 2. The number of azo groups is 1. The zero-order chi connectivity index (χ0) is 23.6. The standard InChI is InChI=1S/C22H28N8O2/c1-6-16-13(4)10-17(21(25-23)26-24)20(31)19(16)28-27-18-14(5)29-30(22(18)32)15-8-7-11(2)12(3)9-15/h7-10,29,31H,6,23-24H2,1-5H3,(H,25,26). The van der Waals surface area contributed by atoms with E-state index in [1.165, 1.54) is 4.68 Å². The van der Waals surface area contributed by atoms with Gasteiger partial charge in [-0.25, -0.2) is 10.5 Å². The first-order chi connectivity index (χ1) is 15.2. The highest BCUT2D eigenvalue weighted by Gasteiger charge is 2.19. The van der Waals surface area contributed by atoms with Crippen LogP contribution in [0.2, 0.25) is 0 Å². The van der Waals surface area contributed by atoms with Crippen LogP contribution in [-0.2, 0) is 6.42 Å². The first-order valence-corrected chi connectivity index (χ1v) is 10.1. The molecular weight excluding hydrogens is 408 g/mol. The topological polar surface area (TPSA) is 159 Å². The number of aromatic hydroxyl groups is 1. The Morgan fingerprint density at radius 1 is 1.09 bits per heavy atom. The van der Waals surface area contributed by atoms with Crippen molar-refractivity contribution in [3.8, 4) is 11.4 Å². The maximum Gasteiger partial charge on any atom is 0.299 e. The summed E-state index contributed by atoms with van der Waals surface area (Å²) < 4.78 is 1.43. The van der Waals surface area contributed by atoms with Crippen molar-refractivity contribution in [2.45, 2.75) is 41.0 Å². The SMILES string of the molecule is CCc1c(C)cc(/C(=N/N)NN)c(O)c1N=Nc1c(C)[nH]n(-c2ccc(C)c(C)c2)c1=O. The summed E-state index contributed by atoms with van der Waals surface area (Å²) in [5.41, 5.74) is 7.78. The summed E-state index contributed by atoms with van der Waals surface area (Å²) in [6, 6.07) is 7.46. The molecule has 0 saturated heterocycles. The van der Waals surface area contributed by atoms with E-state index in [1.54, 1.807) is 13.0 Å². The summed E-state index contributed by atoms with van der Waals surface area (Å²) in [7, 11) is 0. The van der Waals surface area contributed by atoms with Gasteiger partial charge in [-0.1, -0.05) is 13.0 Å². The first kappa shape index (κ1) is 22.8. The fourth-order valence-corrected chi connectivity index (χ4v) is 3.55. The summed E-state index contributed by atoms with van der Waals surface area (Å²) in [5.74, 6) is 10.8. The second-order valence-electron chi connectivity index (χ2n) is 7.59. The Hall–Kier alpha value is -3.92. The van der Waals surface area contributed by atoms with E-state index in [4.69, 9.17) is 11.7 Å². The van der Waals surface area contributed by atoms with Crippen molar-refractivity contribution < 1.29 is 5.11 Å². The van der Waals surface area contributed by atoms with Crippen molar-refractivity contribution in [3.63, 3.8) is 0 Å². The van der Waals surface area contributed by atoms with E-state index in [0.29, 0.717) is 17.8 Å². The number of nitrogens with zero attached hydrogens (tertiary/aromatic N) is 4. The number of phenols is 1. The van der Waals surface area contributed by atoms with Crippen LogP contribution in [-0.4, -0.2) is 20.7 Å². The number of rotatable bonds is 5. The number of aryl methyl sites for hydroxylation is 4. The van der Waals surface area contributed by atoms with Gasteiger partial charge >= 0.3 is 0 Å². The smallest absolute Gasteiger partial charge is 0.299 e. The highest BCUT2D eigenvalue weighted by Crippen LogP contribution is 2.38. The predicted octanol–water partition coefficient (Wildman–Crippen LogP) is 3.17. The molecule has 0 saturated carbocycles. The summed E-state index contributed by atoms with van der Waals surface area (Å²) in [6.45, 7) is 9.55. The molecule has 3 aromatic rings. The Balaban J connectivity index is 2.13. The number of hydrogen-bond donors (Lipinski definition) is 5. The first-order valence-electron chi connectivity index (χ1n) is 10.1. The monoisotopic (exact) mass is 436 g/mol. The Bertz CT molecular complexity index is 1280. The molecule has 0 radical (unpaired) electrons. The lowest BCUT2D eigenvalue weighted by atomic mass is 9.99. The molecule has 0 unspecified atom stereocenters. The van der Waals surface area contributed by atoms with E-state index >= 15 is 0 Å². The Morgan fingerprint density at radius 2 is 1.78 bits per heavy atom. The number of aromatic nitrogens is 2. The van der Waals surface area contributed by atoms with Gasteiger partial charge in [0.2, 0.25) is 0 Å². The van der Waals surface area contributed by atoms with Gasteiger partial charge in [0, 0.05) is 0 Å². The molecule has 1 aromatic heterocycles. The third kappa shape index (κ3) is 4.00. The van der Waals surface area contributed by atoms with Crippen molar-refractivity contribution in [3.05, 3.63) is 68.1 Å². The lowest BCUT2D eigenvalue weighted by molar-refractivity contribution is 0.474. The highest BCUT2D eigenvalue weighted by molar-refractivity contribution is 6.02. The van der Waals surface area contributed by atoms with E-state index in [0.717, 1.165) is 22.3 Å². The predicted molar refractivity (Wildman–Crippen MR) is 125 cm³/mol. The maximum absolute atomic E-state index is 13.0. The Morgan fingerprint density at radius 3 is 2.38 bits per heavy atom. The lowest BCUT2D eigenvalue weighted by Crippen LogP contribution is -2.32. The molecule has 32 heavy (non-hydrogen) atoms. The van der Waals surface area contributed by atoms with Crippen molar-refractivity contribution in [2.75, 3.05) is 0 Å². The van der Waals surface area contributed by atoms with Crippen molar-refractivity contribution >= 4 is 17.2 Å². The number of benzene rings is 2. The van der Waals surface area contributed by atoms with E-state index in [1.807, 2.05) is 45.9 Å². The molecule has 2 aromatic carbocycles. The molecule has 0 aliphatic rings. The van der Waals surface area contributed by atoms with Gasteiger partial charge in [-0.3, -0.25) is 9.89 Å². The second kappa shape index (κ2) is 9.06. The van der Waals surface area contributed by atoms with Crippen LogP contribution in [0.25, 0.3) is 5.69 Å². The third-order valence-electron chi connectivity index (χ3n) is 5.52. The van der Waals surface area contributed by atoms with Gasteiger partial charge in [0.1, 0.15) is 5.69 Å². The fraction of sp³-hybridized carbons (Fsp3) is 0.273. The van der Waals surface area contributed by atoms with Gasteiger partial charge in [0.05, 0.1) is 16.9 Å². The molecule has 0 aliphatic heterocycles. The molecule has 0 amide bonds. The van der Waals surface area contributed by atoms with Gasteiger partial charge in [-0.2, -0.15) is 5.10 Å². The Kier molecular flexibility index (Phi) is 6.45. The molecule has 168 valence electrons. The van der Waals surface area contributed by atoms with E-state index in [9.17, 15) is 9.90 Å². The molecule has 0 fully saturated rings. The number of aromatic amines is 1. The molecule has 0 aliphatic carbocycles. The van der Waals surface area contributed by atoms with Crippen LogP contribution in [0.5, 0.6) is 5.75 Å². The molecule has 0 atom stereocenters. The van der Waals surface area contributed by atoms with Crippen LogP contribution in [0.1, 0.15) is 40.4 Å². The quantitative estimate of drug-likeness (QED) is 0.136. The molecule has 1 heterocycles. The van der Waals surface area contributed by atoms with Gasteiger partial charge in [0.15, 0.2) is 17.3 Å². The number of hydrogen-bond acceptors (Lipinski definition) is 7. The van der Waals surface area contributed by atoms with Gasteiger partial charge in [-0.15, -0.1) is 10.2 Å². The average molecular weight is 437 g/mol. The number of amidine groups is 1.